The maximum absolute atomic E-state index is 2.40. The van der Waals surface area contributed by atoms with Crippen LogP contribution in [0.4, 0.5) is 0 Å². The zero-order valence-electron chi connectivity index (χ0n) is 72.7. The van der Waals surface area contributed by atoms with Crippen molar-refractivity contribution in [1.29, 1.82) is 0 Å². The van der Waals surface area contributed by atoms with E-state index in [1.54, 1.807) is 0 Å². The minimum absolute atomic E-state index is 0.542. The van der Waals surface area contributed by atoms with E-state index in [-0.39, 0.29) is 0 Å². The van der Waals surface area contributed by atoms with Crippen molar-refractivity contribution in [1.82, 2.24) is 0 Å². The average Bonchev–Trinajstić information content (AvgIpc) is 1.88. The van der Waals surface area contributed by atoms with E-state index < -0.39 is 0 Å². The van der Waals surface area contributed by atoms with Crippen LogP contribution in [0.3, 0.4) is 0 Å². The Morgan fingerprint density at radius 3 is 0.802 bits per heavy atom. The van der Waals surface area contributed by atoms with E-state index in [0.29, 0.717) is 21.7 Å². The second kappa shape index (κ2) is 71.3. The first-order valence-corrected chi connectivity index (χ1v) is 42.2. The van der Waals surface area contributed by atoms with Crippen LogP contribution in [0.2, 0.25) is 0 Å². The highest BCUT2D eigenvalue weighted by Crippen LogP contribution is 2.53. The smallest absolute Gasteiger partial charge is 0.0323 e. The Morgan fingerprint density at radius 1 is 0.341 bits per heavy atom. The van der Waals surface area contributed by atoms with Crippen molar-refractivity contribution in [3.8, 4) is 0 Å². The second-order valence-corrected chi connectivity index (χ2v) is 36.1. The molecule has 5 aliphatic carbocycles. The van der Waals surface area contributed by atoms with Gasteiger partial charge in [0.2, 0.25) is 0 Å². The molecule has 91 heavy (non-hydrogen) atoms. The van der Waals surface area contributed by atoms with Crippen molar-refractivity contribution in [2.75, 3.05) is 0 Å². The highest BCUT2D eigenvalue weighted by atomic mass is 14.5. The standard InChI is InChI=1S/C10H20.2C8H16.C7H14.4C7H16.C6H12.4C6H14/c1-8-9(2,3)6-7-10(8,4)5;1-6-4-7(2)8(3)5-6;1-7-5-4-6-8(7,2)3;1-7-5-3-2-4-6-7;2*1-4-5-6-7(2)3;1-4-6-7(3)5-2;1-3-5-7-6-4-2;1-2-3-6-4-5-6;1-5-6(2,3)4;2*1-4-5-6(2)3;1-4-6(3)5-2/h8H,6-7H2,1-5H3;6-8H,4-5H2,1-3H3;7H,4-6H2,1-3H3;7H,2-6H2,1H3;3*7H,4-6H2,1-3H3;3-7H2,1-2H3;6H,2-5H2,1H3;5H2,1-4H3;3*6H,4-5H2,1-3H3/t;;7-;;;;7-;;;;;;/m..1...1....../s1. The molecule has 4 atom stereocenters. The summed E-state index contributed by atoms with van der Waals surface area (Å²) in [5, 5.41) is 0. The lowest BCUT2D eigenvalue weighted by molar-refractivity contribution is 0.179. The van der Waals surface area contributed by atoms with E-state index >= 15 is 0 Å². The lowest BCUT2D eigenvalue weighted by Crippen LogP contribution is -2.24. The van der Waals surface area contributed by atoms with Crippen molar-refractivity contribution in [3.05, 3.63) is 0 Å². The lowest BCUT2D eigenvalue weighted by Gasteiger charge is -2.31. The molecule has 0 nitrogen and oxygen atoms in total. The molecule has 0 aliphatic heterocycles. The van der Waals surface area contributed by atoms with Crippen molar-refractivity contribution >= 4 is 0 Å². The predicted molar refractivity (Wildman–Crippen MR) is 436 cm³/mol. The number of hydrogen-bond acceptors (Lipinski definition) is 0. The molecular weight excluding hydrogens is 1090 g/mol. The molecule has 562 valence electrons. The van der Waals surface area contributed by atoms with Gasteiger partial charge in [0, 0.05) is 0 Å². The molecule has 0 saturated heterocycles. The van der Waals surface area contributed by atoms with Gasteiger partial charge in [0.15, 0.2) is 0 Å². The van der Waals surface area contributed by atoms with Gasteiger partial charge in [-0.3, -0.25) is 0 Å². The molecule has 0 aromatic carbocycles. The SMILES string of the molecule is CC1C(C)(C)CCC1(C)C.CC1CC(C)C(C)C1.CC1CCCCC1.CCC(C)(C)C.CCC(C)CC.CCCC(C)C.CCCC(C)C.CCCC1CC1.CCCCC(C)C.CCCCC(C)C.CCCCCCC.CCC[C@H](C)CC.C[C@@H]1CCCC1(C)C. The van der Waals surface area contributed by atoms with E-state index in [0.717, 1.165) is 76.9 Å². The Kier molecular flexibility index (Phi) is 83.8. The van der Waals surface area contributed by atoms with Gasteiger partial charge in [-0.25, -0.2) is 0 Å². The molecule has 0 aromatic rings. The van der Waals surface area contributed by atoms with Crippen LogP contribution in [0.5, 0.6) is 0 Å². The minimum Gasteiger partial charge on any atom is -0.0654 e. The maximum atomic E-state index is 2.40. The monoisotopic (exact) mass is 1290 g/mol. The minimum atomic E-state index is 0.542. The van der Waals surface area contributed by atoms with Gasteiger partial charge in [0.1, 0.15) is 0 Å². The molecule has 0 heterocycles. The zero-order valence-corrected chi connectivity index (χ0v) is 72.7. The van der Waals surface area contributed by atoms with Gasteiger partial charge in [-0.2, -0.15) is 0 Å². The highest BCUT2D eigenvalue weighted by molar-refractivity contribution is 4.93. The number of hydrogen-bond donors (Lipinski definition) is 0. The van der Waals surface area contributed by atoms with E-state index in [1.807, 2.05) is 0 Å². The Hall–Kier alpha value is 0. The fourth-order valence-corrected chi connectivity index (χ4v) is 11.6. The van der Waals surface area contributed by atoms with Crippen LogP contribution in [-0.2, 0) is 0 Å². The molecule has 0 N–H and O–H groups in total. The fourth-order valence-electron chi connectivity index (χ4n) is 11.6. The molecule has 0 bridgehead atoms. The third kappa shape index (κ3) is 90.0. The van der Waals surface area contributed by atoms with Crippen molar-refractivity contribution in [3.63, 3.8) is 0 Å². The summed E-state index contributed by atoms with van der Waals surface area (Å²) in [7, 11) is 0. The van der Waals surface area contributed by atoms with E-state index in [1.165, 1.54) is 238 Å². The molecule has 5 rings (SSSR count). The Balaban J connectivity index is -0.000000137. The first-order chi connectivity index (χ1) is 42.2. The normalized spacial score (nSPS) is 20.2. The number of unbranched alkanes of at least 4 members (excludes halogenated alkanes) is 6. The van der Waals surface area contributed by atoms with Gasteiger partial charge in [-0.05, 0) is 131 Å². The first kappa shape index (κ1) is 107. The molecule has 0 aromatic heterocycles. The van der Waals surface area contributed by atoms with Crippen LogP contribution in [-0.4, -0.2) is 0 Å². The summed E-state index contributed by atoms with van der Waals surface area (Å²) < 4.78 is 0. The summed E-state index contributed by atoms with van der Waals surface area (Å²) in [6, 6.07) is 0. The van der Waals surface area contributed by atoms with Crippen LogP contribution in [0.25, 0.3) is 0 Å². The molecule has 5 saturated carbocycles. The first-order valence-electron chi connectivity index (χ1n) is 42.2. The van der Waals surface area contributed by atoms with Crippen LogP contribution in [0, 0.1) is 98.6 Å². The largest absolute Gasteiger partial charge is 0.0654 e. The third-order valence-electron chi connectivity index (χ3n) is 21.5. The molecule has 5 aliphatic rings. The van der Waals surface area contributed by atoms with Crippen LogP contribution < -0.4 is 0 Å². The Labute approximate surface area is 589 Å². The average molecular weight is 1290 g/mol. The number of rotatable bonds is 21. The molecule has 0 radical (unpaired) electrons. The van der Waals surface area contributed by atoms with Crippen LogP contribution in [0.15, 0.2) is 0 Å². The summed E-state index contributed by atoms with van der Waals surface area (Å²) in [6.45, 7) is 84.8. The Morgan fingerprint density at radius 2 is 0.692 bits per heavy atom. The molecular formula is C91H198. The van der Waals surface area contributed by atoms with Crippen molar-refractivity contribution < 1.29 is 0 Å². The molecule has 0 amide bonds. The quantitative estimate of drug-likeness (QED) is 0.101. The van der Waals surface area contributed by atoms with Gasteiger partial charge in [-0.15, -0.1) is 0 Å². The summed E-state index contributed by atoms with van der Waals surface area (Å²) in [5.41, 5.74) is 2.37. The summed E-state index contributed by atoms with van der Waals surface area (Å²) >= 11 is 0. The van der Waals surface area contributed by atoms with Gasteiger partial charge in [0.05, 0.1) is 0 Å². The van der Waals surface area contributed by atoms with Gasteiger partial charge >= 0.3 is 0 Å². The molecule has 2 unspecified atom stereocenters. The van der Waals surface area contributed by atoms with Gasteiger partial charge in [0.25, 0.3) is 0 Å². The van der Waals surface area contributed by atoms with E-state index in [4.69, 9.17) is 0 Å². The molecule has 0 heteroatoms. The third-order valence-corrected chi connectivity index (χ3v) is 21.5. The topological polar surface area (TPSA) is 0 Å². The molecule has 0 spiro atoms. The summed E-state index contributed by atoms with van der Waals surface area (Å²) in [4.78, 5) is 0. The fraction of sp³-hybridized carbons (Fsp3) is 1.00. The summed E-state index contributed by atoms with van der Waals surface area (Å²) in [5.74, 6) is 12.5. The lowest BCUT2D eigenvalue weighted by atomic mass is 9.74. The van der Waals surface area contributed by atoms with Crippen molar-refractivity contribution in [2.45, 2.75) is 494 Å². The van der Waals surface area contributed by atoms with Gasteiger partial charge < -0.3 is 0 Å². The maximum Gasteiger partial charge on any atom is -0.0323 e. The van der Waals surface area contributed by atoms with Crippen LogP contribution in [0.1, 0.15) is 494 Å². The Bertz CT molecular complexity index is 1220. The highest BCUT2D eigenvalue weighted by Gasteiger charge is 2.43. The zero-order chi connectivity index (χ0) is 72.7. The predicted octanol–water partition coefficient (Wildman–Crippen LogP) is 35.0. The van der Waals surface area contributed by atoms with Gasteiger partial charge in [-0.1, -0.05) is 462 Å². The summed E-state index contributed by atoms with van der Waals surface area (Å²) in [6.07, 6.45) is 52.2. The second-order valence-electron chi connectivity index (χ2n) is 36.1. The van der Waals surface area contributed by atoms with Crippen molar-refractivity contribution in [2.24, 2.45) is 98.6 Å². The van der Waals surface area contributed by atoms with E-state index in [2.05, 4.69) is 256 Å². The van der Waals surface area contributed by atoms with E-state index in [9.17, 15) is 0 Å². The molecule has 5 fully saturated rings. The van der Waals surface area contributed by atoms with Crippen LogP contribution >= 0.6 is 0 Å².